The Bertz CT molecular complexity index is 1320. The number of carbonyl (C=O) groups excluding carboxylic acids is 1. The second-order valence-electron chi connectivity index (χ2n) is 7.95. The molecule has 3 N–H and O–H groups in total. The number of anilines is 1. The Kier molecular flexibility index (Phi) is 5.61. The summed E-state index contributed by atoms with van der Waals surface area (Å²) in [7, 11) is 0. The zero-order chi connectivity index (χ0) is 23.9. The number of amides is 1. The highest BCUT2D eigenvalue weighted by Crippen LogP contribution is 2.38. The number of carbonyl (C=O) groups is 2. The molecule has 4 rings (SSSR count). The fourth-order valence-electron chi connectivity index (χ4n) is 4.22. The van der Waals surface area contributed by atoms with Crippen molar-refractivity contribution in [2.24, 2.45) is 11.7 Å². The van der Waals surface area contributed by atoms with Gasteiger partial charge >= 0.3 is 12.1 Å². The van der Waals surface area contributed by atoms with Gasteiger partial charge < -0.3 is 20.3 Å². The van der Waals surface area contributed by atoms with E-state index in [1.165, 1.54) is 24.3 Å². The summed E-state index contributed by atoms with van der Waals surface area (Å²) in [5.74, 6) is -2.68. The lowest BCUT2D eigenvalue weighted by atomic mass is 9.97. The molecule has 33 heavy (non-hydrogen) atoms. The van der Waals surface area contributed by atoms with Gasteiger partial charge in [0.1, 0.15) is 5.56 Å². The van der Waals surface area contributed by atoms with Gasteiger partial charge in [0.2, 0.25) is 5.43 Å². The normalized spacial score (nSPS) is 16.7. The van der Waals surface area contributed by atoms with E-state index in [4.69, 9.17) is 5.73 Å². The summed E-state index contributed by atoms with van der Waals surface area (Å²) in [4.78, 5) is 37.4. The molecule has 1 saturated heterocycles. The van der Waals surface area contributed by atoms with Gasteiger partial charge in [0.15, 0.2) is 0 Å². The molecule has 0 spiro atoms. The van der Waals surface area contributed by atoms with Crippen molar-refractivity contribution in [3.8, 4) is 5.69 Å². The van der Waals surface area contributed by atoms with Gasteiger partial charge in [-0.3, -0.25) is 14.4 Å². The van der Waals surface area contributed by atoms with Gasteiger partial charge in [-0.25, -0.2) is 0 Å². The number of halogens is 3. The molecule has 3 aromatic rings. The number of carboxylic acid groups (broad SMARTS) is 1. The number of aliphatic carboxylic acids is 1. The van der Waals surface area contributed by atoms with Crippen molar-refractivity contribution in [2.45, 2.75) is 19.0 Å². The van der Waals surface area contributed by atoms with Crippen LogP contribution < -0.4 is 16.1 Å². The minimum absolute atomic E-state index is 0.0614. The lowest BCUT2D eigenvalue weighted by molar-refractivity contribution is -0.142. The minimum atomic E-state index is -4.76. The largest absolute Gasteiger partial charge is 0.481 e. The summed E-state index contributed by atoms with van der Waals surface area (Å²) in [5.41, 5.74) is 3.39. The van der Waals surface area contributed by atoms with Gasteiger partial charge in [0.25, 0.3) is 5.91 Å². The molecule has 10 heteroatoms. The van der Waals surface area contributed by atoms with E-state index in [0.29, 0.717) is 19.4 Å². The molecule has 0 radical (unpaired) electrons. The summed E-state index contributed by atoms with van der Waals surface area (Å²) in [6, 6.07) is 9.72. The van der Waals surface area contributed by atoms with Crippen LogP contribution in [0.4, 0.5) is 18.9 Å². The van der Waals surface area contributed by atoms with Gasteiger partial charge in [0, 0.05) is 30.4 Å². The first-order chi connectivity index (χ1) is 15.6. The third kappa shape index (κ3) is 4.15. The molecule has 2 heterocycles. The third-order valence-electron chi connectivity index (χ3n) is 5.86. The zero-order valence-corrected chi connectivity index (χ0v) is 17.3. The highest BCUT2D eigenvalue weighted by molar-refractivity contribution is 5.96. The fraction of sp³-hybridized carbons (Fsp3) is 0.261. The molecule has 0 saturated carbocycles. The Labute approximate surface area is 185 Å². The summed E-state index contributed by atoms with van der Waals surface area (Å²) in [6.07, 6.45) is -2.72. The topological polar surface area (TPSA) is 106 Å². The lowest BCUT2D eigenvalue weighted by Gasteiger charge is -2.33. The monoisotopic (exact) mass is 459 g/mol. The van der Waals surface area contributed by atoms with Gasteiger partial charge in [-0.1, -0.05) is 12.1 Å². The van der Waals surface area contributed by atoms with E-state index in [1.54, 1.807) is 17.0 Å². The zero-order valence-electron chi connectivity index (χ0n) is 17.3. The van der Waals surface area contributed by atoms with Crippen molar-refractivity contribution in [1.29, 1.82) is 0 Å². The molecule has 1 atom stereocenters. The molecule has 1 amide bonds. The number of fused-ring (bicyclic) bond motifs is 1. The van der Waals surface area contributed by atoms with Crippen molar-refractivity contribution < 1.29 is 27.9 Å². The molecule has 1 fully saturated rings. The number of primary amides is 1. The molecule has 1 aromatic heterocycles. The number of nitrogens with zero attached hydrogens (tertiary/aromatic N) is 2. The Hall–Kier alpha value is -3.82. The first-order valence-corrected chi connectivity index (χ1v) is 10.2. The van der Waals surface area contributed by atoms with Crippen molar-refractivity contribution >= 4 is 28.5 Å². The highest BCUT2D eigenvalue weighted by Gasteiger charge is 2.36. The van der Waals surface area contributed by atoms with Crippen LogP contribution in [0.2, 0.25) is 0 Å². The lowest BCUT2D eigenvalue weighted by Crippen LogP contribution is -2.38. The number of nitrogens with two attached hydrogens (primary N) is 1. The van der Waals surface area contributed by atoms with E-state index in [1.807, 2.05) is 0 Å². The predicted octanol–water partition coefficient (Wildman–Crippen LogP) is 3.41. The van der Waals surface area contributed by atoms with Crippen LogP contribution in [0.5, 0.6) is 0 Å². The second-order valence-corrected chi connectivity index (χ2v) is 7.95. The third-order valence-corrected chi connectivity index (χ3v) is 5.86. The highest BCUT2D eigenvalue weighted by atomic mass is 19.4. The van der Waals surface area contributed by atoms with Gasteiger partial charge in [-0.05, 0) is 43.2 Å². The summed E-state index contributed by atoms with van der Waals surface area (Å²) >= 11 is 0. The Morgan fingerprint density at radius 2 is 1.85 bits per heavy atom. The van der Waals surface area contributed by atoms with E-state index in [0.717, 1.165) is 16.8 Å². The van der Waals surface area contributed by atoms with Crippen LogP contribution in [0.1, 0.15) is 28.8 Å². The maximum absolute atomic E-state index is 14.1. The summed E-state index contributed by atoms with van der Waals surface area (Å²) in [5, 5.41) is 9.36. The number of hydrogen-bond donors (Lipinski definition) is 2. The molecule has 1 unspecified atom stereocenters. The Balaban J connectivity index is 1.92. The van der Waals surface area contributed by atoms with Gasteiger partial charge in [-0.15, -0.1) is 0 Å². The standard InChI is InChI=1S/C23H20F3N3O4/c24-23(25,26)17-10-14(28-9-3-4-13(11-28)22(32)33)7-8-19(17)29-12-16(21(27)31)20(30)15-5-1-2-6-18(15)29/h1-2,5-8,10,12-13H,3-4,9,11H2,(H2,27,31)(H,32,33). The van der Waals surface area contributed by atoms with Crippen LogP contribution in [-0.2, 0) is 11.0 Å². The SMILES string of the molecule is NC(=O)c1cn(-c2ccc(N3CCCC(C(=O)O)C3)cc2C(F)(F)F)c2ccccc2c1=O. The minimum Gasteiger partial charge on any atom is -0.481 e. The quantitative estimate of drug-likeness (QED) is 0.622. The Morgan fingerprint density at radius 1 is 1.12 bits per heavy atom. The van der Waals surface area contributed by atoms with Crippen LogP contribution in [0.15, 0.2) is 53.5 Å². The van der Waals surface area contributed by atoms with E-state index in [2.05, 4.69) is 0 Å². The average molecular weight is 459 g/mol. The van der Waals surface area contributed by atoms with Gasteiger partial charge in [0.05, 0.1) is 22.7 Å². The number of para-hydroxylation sites is 1. The molecule has 172 valence electrons. The van der Waals surface area contributed by atoms with Crippen LogP contribution in [0.25, 0.3) is 16.6 Å². The average Bonchev–Trinajstić information content (AvgIpc) is 2.78. The number of aromatic nitrogens is 1. The molecular formula is C23H20F3N3O4. The number of carboxylic acids is 1. The number of rotatable bonds is 4. The predicted molar refractivity (Wildman–Crippen MR) is 116 cm³/mol. The maximum Gasteiger partial charge on any atom is 0.418 e. The van der Waals surface area contributed by atoms with Crippen molar-refractivity contribution in [3.05, 3.63) is 70.0 Å². The van der Waals surface area contributed by atoms with Gasteiger partial charge in [-0.2, -0.15) is 13.2 Å². The fourth-order valence-corrected chi connectivity index (χ4v) is 4.22. The van der Waals surface area contributed by atoms with Crippen LogP contribution in [-0.4, -0.2) is 34.6 Å². The first kappa shape index (κ1) is 22.4. The molecule has 2 aromatic carbocycles. The van der Waals surface area contributed by atoms with Crippen LogP contribution >= 0.6 is 0 Å². The number of piperidine rings is 1. The molecule has 7 nitrogen and oxygen atoms in total. The maximum atomic E-state index is 14.1. The van der Waals surface area contributed by atoms with Crippen LogP contribution in [0, 0.1) is 5.92 Å². The van der Waals surface area contributed by atoms with Crippen molar-refractivity contribution in [1.82, 2.24) is 4.57 Å². The summed E-state index contributed by atoms with van der Waals surface area (Å²) < 4.78 is 43.6. The van der Waals surface area contributed by atoms with Crippen molar-refractivity contribution in [2.75, 3.05) is 18.0 Å². The molecule has 1 aliphatic rings. The number of benzene rings is 2. The van der Waals surface area contributed by atoms with E-state index >= 15 is 0 Å². The molecule has 0 bridgehead atoms. The summed E-state index contributed by atoms with van der Waals surface area (Å²) in [6.45, 7) is 0.548. The van der Waals surface area contributed by atoms with E-state index in [-0.39, 0.29) is 28.8 Å². The smallest absolute Gasteiger partial charge is 0.418 e. The number of alkyl halides is 3. The van der Waals surface area contributed by atoms with Crippen LogP contribution in [0.3, 0.4) is 0 Å². The molecular weight excluding hydrogens is 439 g/mol. The number of hydrogen-bond acceptors (Lipinski definition) is 4. The number of pyridine rings is 1. The Morgan fingerprint density at radius 3 is 2.52 bits per heavy atom. The van der Waals surface area contributed by atoms with E-state index < -0.39 is 40.5 Å². The second kappa shape index (κ2) is 8.27. The molecule has 0 aliphatic carbocycles. The van der Waals surface area contributed by atoms with Crippen molar-refractivity contribution in [3.63, 3.8) is 0 Å². The first-order valence-electron chi connectivity index (χ1n) is 10.2. The molecule has 1 aliphatic heterocycles. The van der Waals surface area contributed by atoms with E-state index in [9.17, 15) is 32.7 Å².